The number of piperidine rings is 1. The second kappa shape index (κ2) is 35.6. The van der Waals surface area contributed by atoms with E-state index in [1.807, 2.05) is 137 Å². The van der Waals surface area contributed by atoms with Crippen LogP contribution in [0.2, 0.25) is 30.1 Å². The van der Waals surface area contributed by atoms with Crippen molar-refractivity contribution in [3.8, 4) is 0 Å². The molecule has 2 aliphatic rings. The highest BCUT2D eigenvalue weighted by molar-refractivity contribution is 7.99. The number of carbonyl (C=O) groups excluding carboxylic acids is 3. The van der Waals surface area contributed by atoms with E-state index in [0.717, 1.165) is 39.5 Å². The van der Waals surface area contributed by atoms with E-state index in [2.05, 4.69) is 88.8 Å². The lowest BCUT2D eigenvalue weighted by atomic mass is 9.67. The van der Waals surface area contributed by atoms with Gasteiger partial charge in [0.1, 0.15) is 6.10 Å². The van der Waals surface area contributed by atoms with Crippen LogP contribution in [0.15, 0.2) is 184 Å². The highest BCUT2D eigenvalue weighted by Crippen LogP contribution is 2.54. The first kappa shape index (κ1) is 77.7. The number of benzene rings is 6. The highest BCUT2D eigenvalue weighted by atomic mass is 35.5. The smallest absolute Gasteiger partial charge is 0.312 e. The average Bonchev–Trinajstić information content (AvgIpc) is 0.748. The van der Waals surface area contributed by atoms with Crippen molar-refractivity contribution in [2.24, 2.45) is 28.1 Å². The van der Waals surface area contributed by atoms with Gasteiger partial charge in [-0.05, 0) is 169 Å². The summed E-state index contributed by atoms with van der Waals surface area (Å²) in [5.41, 5.74) is 3.86. The zero-order valence-corrected chi connectivity index (χ0v) is 59.2. The molecule has 0 spiro atoms. The van der Waals surface area contributed by atoms with Gasteiger partial charge in [-0.3, -0.25) is 14.4 Å². The maximum atomic E-state index is 14.3. The first-order valence-electron chi connectivity index (χ1n) is 31.2. The van der Waals surface area contributed by atoms with Crippen LogP contribution >= 0.6 is 81.4 Å². The Morgan fingerprint density at radius 1 is 0.652 bits per heavy atom. The number of ether oxygens (including phenoxy) is 1. The summed E-state index contributed by atoms with van der Waals surface area (Å²) in [6.07, 6.45) is 7.56. The van der Waals surface area contributed by atoms with E-state index in [0.29, 0.717) is 73.9 Å². The van der Waals surface area contributed by atoms with E-state index in [-0.39, 0.29) is 73.8 Å². The van der Waals surface area contributed by atoms with Crippen LogP contribution in [-0.2, 0) is 19.1 Å². The zero-order valence-electron chi connectivity index (χ0n) is 53.9. The van der Waals surface area contributed by atoms with E-state index >= 15 is 0 Å². The molecule has 3 N–H and O–H groups in total. The minimum Gasteiger partial charge on any atom is -0.456 e. The molecule has 496 valence electrons. The van der Waals surface area contributed by atoms with Crippen LogP contribution in [0, 0.1) is 28.1 Å². The molecule has 0 aromatic heterocycles. The van der Waals surface area contributed by atoms with Crippen LogP contribution < -0.4 is 5.32 Å². The molecule has 6 aromatic carbocycles. The van der Waals surface area contributed by atoms with Gasteiger partial charge in [-0.25, -0.2) is 0 Å². The maximum Gasteiger partial charge on any atom is 0.312 e. The largest absolute Gasteiger partial charge is 0.456 e. The first-order valence-corrected chi connectivity index (χ1v) is 34.5. The van der Waals surface area contributed by atoms with Crippen molar-refractivity contribution in [1.82, 2.24) is 10.2 Å². The first-order chi connectivity index (χ1) is 43.1. The molecule has 0 saturated carbocycles. The molecule has 0 bridgehead atoms. The summed E-state index contributed by atoms with van der Waals surface area (Å²) in [7, 11) is 0. The van der Waals surface area contributed by atoms with Crippen molar-refractivity contribution in [3.63, 3.8) is 0 Å². The van der Waals surface area contributed by atoms with E-state index in [4.69, 9.17) is 74.3 Å². The second-order valence-electron chi connectivity index (χ2n) is 26.0. The van der Waals surface area contributed by atoms with E-state index in [1.54, 1.807) is 42.5 Å². The van der Waals surface area contributed by atoms with Crippen molar-refractivity contribution < 1.29 is 29.3 Å². The van der Waals surface area contributed by atoms with Crippen molar-refractivity contribution >= 4 is 99.2 Å². The molecular formula is C77H94Cl6N2O6S. The number of halogens is 6. The molecule has 6 aromatic rings. The molecule has 8 rings (SSSR count). The van der Waals surface area contributed by atoms with Crippen LogP contribution in [0.4, 0.5) is 0 Å². The van der Waals surface area contributed by atoms with Gasteiger partial charge in [0.15, 0.2) is 0 Å². The van der Waals surface area contributed by atoms with Crippen LogP contribution in [0.3, 0.4) is 0 Å². The molecule has 0 radical (unpaired) electrons. The highest BCUT2D eigenvalue weighted by Gasteiger charge is 2.52. The minimum atomic E-state index is -0.874. The van der Waals surface area contributed by atoms with Crippen LogP contribution in [-0.4, -0.2) is 62.6 Å². The number of allylic oxidation sites excluding steroid dienone is 3. The zero-order chi connectivity index (χ0) is 67.0. The molecule has 2 fully saturated rings. The summed E-state index contributed by atoms with van der Waals surface area (Å²) in [5, 5.41) is 28.4. The Hall–Kier alpha value is -5.04. The Labute approximate surface area is 583 Å². The number of nitrogens with one attached hydrogen (secondary N) is 1. The van der Waals surface area contributed by atoms with Crippen molar-refractivity contribution in [2.75, 3.05) is 12.4 Å². The topological polar surface area (TPSA) is 116 Å². The van der Waals surface area contributed by atoms with E-state index in [1.165, 1.54) is 5.56 Å². The number of likely N-dealkylation sites (tertiary alicyclic amines) is 1. The molecule has 0 unspecified atom stereocenters. The lowest BCUT2D eigenvalue weighted by molar-refractivity contribution is -0.171. The van der Waals surface area contributed by atoms with Crippen molar-refractivity contribution in [2.45, 2.75) is 162 Å². The molecule has 2 heterocycles. The van der Waals surface area contributed by atoms with Gasteiger partial charge in [-0.1, -0.05) is 223 Å². The predicted molar refractivity (Wildman–Crippen MR) is 390 cm³/mol. The Morgan fingerprint density at radius 2 is 1.14 bits per heavy atom. The fourth-order valence-corrected chi connectivity index (χ4v) is 14.6. The summed E-state index contributed by atoms with van der Waals surface area (Å²) in [6.45, 7) is 30.2. The molecule has 92 heavy (non-hydrogen) atoms. The number of aliphatic hydroxyl groups excluding tert-OH is 2. The SMILES string of the molecule is C.C=CC[C@@](C)(C[C@H](c1cccc(Cl)c1)[C@@H](O)c1ccc(Cl)cc1)C(=O)N[C@H](CO)C(C)C.C=CC[C@@]1(C)C[C@H](c2cccc(Cl)c2)[C@@H](c2ccc(Cl)cc2)N([C@H](CSC(C)C)C(C)C)C1=O.C=CC[C@@]1(C)C[C@H](c2cccc(Cl)c2)[C@H](c2ccc(Cl)cc2)OC1=O. The minimum absolute atomic E-state index is 0. The third kappa shape index (κ3) is 20.5. The van der Waals surface area contributed by atoms with Crippen molar-refractivity contribution in [1.29, 1.82) is 0 Å². The summed E-state index contributed by atoms with van der Waals surface area (Å²) in [6, 6.07) is 45.4. The fraction of sp³-hybridized carbons (Fsp3) is 0.416. The fourth-order valence-electron chi connectivity index (χ4n) is 12.5. The number of esters is 1. The van der Waals surface area contributed by atoms with Gasteiger partial charge in [-0.2, -0.15) is 11.8 Å². The molecule has 2 saturated heterocycles. The third-order valence-electron chi connectivity index (χ3n) is 17.7. The molecule has 2 amide bonds. The maximum absolute atomic E-state index is 14.3. The number of cyclic esters (lactones) is 1. The van der Waals surface area contributed by atoms with Crippen LogP contribution in [0.5, 0.6) is 0 Å². The number of hydrogen-bond donors (Lipinski definition) is 3. The molecule has 8 nitrogen and oxygen atoms in total. The number of thioether (sulfide) groups is 1. The van der Waals surface area contributed by atoms with Crippen molar-refractivity contribution in [3.05, 3.63) is 247 Å². The van der Waals surface area contributed by atoms with Gasteiger partial charge in [0.2, 0.25) is 11.8 Å². The van der Waals surface area contributed by atoms with Crippen LogP contribution in [0.1, 0.15) is 178 Å². The number of hydrogen-bond acceptors (Lipinski definition) is 7. The van der Waals surface area contributed by atoms with Gasteiger partial charge < -0.3 is 25.2 Å². The van der Waals surface area contributed by atoms with Gasteiger partial charge in [0.05, 0.1) is 41.0 Å². The number of carbonyl (C=O) groups is 3. The van der Waals surface area contributed by atoms with E-state index < -0.39 is 28.3 Å². The Bertz CT molecular complexity index is 3380. The summed E-state index contributed by atoms with van der Waals surface area (Å²) < 4.78 is 5.91. The second-order valence-corrected chi connectivity index (χ2v) is 30.3. The lowest BCUT2D eigenvalue weighted by Gasteiger charge is -2.53. The van der Waals surface area contributed by atoms with Gasteiger partial charge in [-0.15, -0.1) is 19.7 Å². The van der Waals surface area contributed by atoms with E-state index in [9.17, 15) is 24.6 Å². The molecular weight excluding hydrogens is 1290 g/mol. The standard InChI is InChI=1S/C29H37Cl2NOS.C26H33Cl2NO3.C21H20Cl2O2.CH4/c1-7-15-29(6)17-25(22-9-8-10-24(31)16-22)27(21-11-13-23(30)14-12-21)32(28(29)33)26(19(2)3)18-34-20(4)5;1-5-13-26(4,25(32)29-23(16-30)17(2)3)15-22(19-7-6-8-21(28)14-19)24(31)18-9-11-20(27)12-10-18;1-3-11-21(2)13-18(15-5-4-6-17(23)12-15)19(25-20(21)24)14-7-9-16(22)10-8-14;/h7-14,16,19-20,25-27H,1,15,17-18H2,2-6H3;5-12,14,17,22-24,30-31H,1,13,15-16H2,2-4H3,(H,29,32);3-10,12,18-19H,1,11,13H2,2H3;1H4/t25-,26-,27-,29+;22-,23-,24+,26+;18-,19+,21+;/m111./s1. The van der Waals surface area contributed by atoms with Gasteiger partial charge >= 0.3 is 5.97 Å². The Balaban J connectivity index is 0.000000252. The third-order valence-corrected chi connectivity index (χ3v) is 20.4. The molecule has 11 atom stereocenters. The summed E-state index contributed by atoms with van der Waals surface area (Å²) in [5.74, 6) is 0.862. The van der Waals surface area contributed by atoms with Gasteiger partial charge in [0.25, 0.3) is 0 Å². The number of amides is 2. The molecule has 15 heteroatoms. The average molecular weight is 1390 g/mol. The molecule has 2 aliphatic heterocycles. The number of rotatable bonds is 24. The normalized spacial score (nSPS) is 21.6. The van der Waals surface area contributed by atoms with Gasteiger partial charge in [0, 0.05) is 59.7 Å². The molecule has 0 aliphatic carbocycles. The van der Waals surface area contributed by atoms with Crippen LogP contribution in [0.25, 0.3) is 0 Å². The lowest BCUT2D eigenvalue weighted by Crippen LogP contribution is -2.57. The number of aliphatic hydroxyl groups is 2. The number of nitrogens with zero attached hydrogens (tertiary/aromatic N) is 1. The Morgan fingerprint density at radius 3 is 1.62 bits per heavy atom. The Kier molecular flexibility index (Phi) is 30.1. The monoisotopic (exact) mass is 1380 g/mol. The summed E-state index contributed by atoms with van der Waals surface area (Å²) >= 11 is 39.1. The summed E-state index contributed by atoms with van der Waals surface area (Å²) in [4.78, 5) is 42.6. The quantitative estimate of drug-likeness (QED) is 0.0408. The predicted octanol–water partition coefficient (Wildman–Crippen LogP) is 21.7.